The van der Waals surface area contributed by atoms with E-state index in [-0.39, 0.29) is 0 Å². The summed E-state index contributed by atoms with van der Waals surface area (Å²) in [6.45, 7) is 0. The highest BCUT2D eigenvalue weighted by Crippen LogP contribution is 2.51. The lowest BCUT2D eigenvalue weighted by molar-refractivity contribution is -0.831. The van der Waals surface area contributed by atoms with Crippen LogP contribution in [0.2, 0.25) is 0 Å². The van der Waals surface area contributed by atoms with Gasteiger partial charge in [-0.15, -0.1) is 0 Å². The minimum Gasteiger partial charge on any atom is -0.497 e. The van der Waals surface area contributed by atoms with E-state index < -0.39 is 6.03 Å². The summed E-state index contributed by atoms with van der Waals surface area (Å²) in [5.41, 5.74) is 1.87. The third-order valence-corrected chi connectivity index (χ3v) is 4.98. The Labute approximate surface area is 151 Å². The van der Waals surface area contributed by atoms with E-state index in [1.54, 1.807) is 14.2 Å². The van der Waals surface area contributed by atoms with Crippen molar-refractivity contribution in [2.24, 2.45) is 0 Å². The second kappa shape index (κ2) is 5.49. The first-order chi connectivity index (χ1) is 12.7. The van der Waals surface area contributed by atoms with Crippen LogP contribution in [-0.2, 0) is 0 Å². The second-order valence-corrected chi connectivity index (χ2v) is 6.46. The summed E-state index contributed by atoms with van der Waals surface area (Å²) in [4.78, 5) is 0. The van der Waals surface area contributed by atoms with Crippen molar-refractivity contribution in [1.29, 1.82) is 0 Å². The van der Waals surface area contributed by atoms with E-state index >= 15 is 0 Å². The summed E-state index contributed by atoms with van der Waals surface area (Å²) in [5.74, 6) is 3.10. The van der Waals surface area contributed by atoms with Crippen LogP contribution in [0.4, 0.5) is 11.4 Å². The summed E-state index contributed by atoms with van der Waals surface area (Å²) < 4.78 is 27.7. The highest BCUT2D eigenvalue weighted by Gasteiger charge is 2.72. The van der Waals surface area contributed by atoms with E-state index in [1.807, 2.05) is 36.4 Å². The van der Waals surface area contributed by atoms with Crippen LogP contribution in [0.1, 0.15) is 19.3 Å². The van der Waals surface area contributed by atoms with Crippen LogP contribution in [0.15, 0.2) is 36.4 Å². The normalized spacial score (nSPS) is 24.2. The molecule has 1 unspecified atom stereocenters. The molecule has 6 heteroatoms. The van der Waals surface area contributed by atoms with Gasteiger partial charge in [0, 0.05) is 12.8 Å². The standard InChI is InChI=1S/C20H20N2O4/c1-23-14-6-8-18-16(12-14)21-10-4-3-5-11-22-17-13-15(24-2)7-9-19(17)26-20(21,22)25-18/h6-13H,3-5H2,1-2H3/q+2/b21-10+,22-11?. The van der Waals surface area contributed by atoms with Gasteiger partial charge in [0.15, 0.2) is 12.4 Å². The topological polar surface area (TPSA) is 42.9 Å². The Morgan fingerprint density at radius 2 is 1.31 bits per heavy atom. The number of hydrogen-bond donors (Lipinski definition) is 0. The monoisotopic (exact) mass is 352 g/mol. The molecule has 0 radical (unpaired) electrons. The zero-order chi connectivity index (χ0) is 17.7. The number of rotatable bonds is 2. The molecule has 6 nitrogen and oxygen atoms in total. The summed E-state index contributed by atoms with van der Waals surface area (Å²) in [7, 11) is 3.33. The van der Waals surface area contributed by atoms with E-state index in [1.165, 1.54) is 0 Å². The highest BCUT2D eigenvalue weighted by atomic mass is 16.8. The Hall–Kier alpha value is -3.02. The zero-order valence-electron chi connectivity index (χ0n) is 14.8. The Morgan fingerprint density at radius 3 is 1.77 bits per heavy atom. The third kappa shape index (κ3) is 1.98. The smallest absolute Gasteiger partial charge is 0.497 e. The fraction of sp³-hybridized carbons (Fsp3) is 0.300. The minimum atomic E-state index is -1.08. The third-order valence-electron chi connectivity index (χ3n) is 4.98. The van der Waals surface area contributed by atoms with Crippen LogP contribution in [0.25, 0.3) is 0 Å². The average Bonchev–Trinajstić information content (AvgIpc) is 3.11. The summed E-state index contributed by atoms with van der Waals surface area (Å²) in [6.07, 6.45) is 7.23. The Bertz CT molecular complexity index is 887. The maximum absolute atomic E-state index is 6.38. The molecule has 2 aromatic rings. The molecular formula is C20H20N2O4+2. The largest absolute Gasteiger partial charge is 0.714 e. The Morgan fingerprint density at radius 1 is 0.808 bits per heavy atom. The van der Waals surface area contributed by atoms with E-state index in [0.717, 1.165) is 53.6 Å². The van der Waals surface area contributed by atoms with Gasteiger partial charge < -0.3 is 18.9 Å². The molecular weight excluding hydrogens is 332 g/mol. The van der Waals surface area contributed by atoms with Gasteiger partial charge in [-0.05, 0) is 30.7 Å². The first-order valence-electron chi connectivity index (χ1n) is 8.74. The van der Waals surface area contributed by atoms with Crippen molar-refractivity contribution in [2.75, 3.05) is 14.2 Å². The Balaban J connectivity index is 1.71. The number of hydrogen-bond acceptors (Lipinski definition) is 4. The molecule has 0 aliphatic carbocycles. The van der Waals surface area contributed by atoms with Crippen molar-refractivity contribution in [1.82, 2.24) is 0 Å². The van der Waals surface area contributed by atoms with Gasteiger partial charge in [-0.25, -0.2) is 0 Å². The van der Waals surface area contributed by atoms with Crippen LogP contribution < -0.4 is 18.9 Å². The van der Waals surface area contributed by atoms with E-state index in [9.17, 15) is 0 Å². The van der Waals surface area contributed by atoms with Crippen LogP contribution >= 0.6 is 0 Å². The van der Waals surface area contributed by atoms with Crippen molar-refractivity contribution in [3.63, 3.8) is 0 Å². The van der Waals surface area contributed by atoms with Crippen molar-refractivity contribution in [3.05, 3.63) is 36.4 Å². The first kappa shape index (κ1) is 15.3. The van der Waals surface area contributed by atoms with Crippen molar-refractivity contribution >= 4 is 23.8 Å². The summed E-state index contributed by atoms with van der Waals surface area (Å²) in [5, 5.41) is 0. The summed E-state index contributed by atoms with van der Waals surface area (Å²) >= 11 is 0. The molecule has 0 aromatic heterocycles. The van der Waals surface area contributed by atoms with Crippen molar-refractivity contribution in [2.45, 2.75) is 25.3 Å². The maximum atomic E-state index is 6.38. The molecule has 0 saturated heterocycles. The average molecular weight is 352 g/mol. The van der Waals surface area contributed by atoms with Gasteiger partial charge in [-0.1, -0.05) is 9.15 Å². The predicted octanol–water partition coefficient (Wildman–Crippen LogP) is 3.41. The van der Waals surface area contributed by atoms with Gasteiger partial charge in [0.25, 0.3) is 11.4 Å². The molecule has 1 atom stereocenters. The first-order valence-corrected chi connectivity index (χ1v) is 8.74. The van der Waals surface area contributed by atoms with Gasteiger partial charge in [0.1, 0.15) is 11.5 Å². The van der Waals surface area contributed by atoms with Crippen LogP contribution in [0.5, 0.6) is 23.0 Å². The lowest BCUT2D eigenvalue weighted by Gasteiger charge is -2.13. The molecule has 3 aliphatic heterocycles. The quantitative estimate of drug-likeness (QED) is 0.777. The van der Waals surface area contributed by atoms with Gasteiger partial charge in [-0.3, -0.25) is 0 Å². The number of ether oxygens (including phenoxy) is 4. The van der Waals surface area contributed by atoms with Gasteiger partial charge >= 0.3 is 6.03 Å². The molecule has 0 saturated carbocycles. The van der Waals surface area contributed by atoms with Crippen LogP contribution in [0, 0.1) is 0 Å². The van der Waals surface area contributed by atoms with Crippen molar-refractivity contribution < 1.29 is 28.1 Å². The predicted molar refractivity (Wildman–Crippen MR) is 95.8 cm³/mol. The SMILES string of the molecule is COc1ccc2c(c1)[N+]1=CCCC/C=[N+]3\c4cc(OC)ccc4OC13O2. The Kier molecular flexibility index (Phi) is 3.22. The molecule has 26 heavy (non-hydrogen) atoms. The fourth-order valence-corrected chi connectivity index (χ4v) is 3.71. The van der Waals surface area contributed by atoms with Crippen LogP contribution in [-0.4, -0.2) is 41.8 Å². The molecule has 0 N–H and O–H groups in total. The number of benzene rings is 2. The molecule has 5 rings (SSSR count). The van der Waals surface area contributed by atoms with Gasteiger partial charge in [-0.2, -0.15) is 0 Å². The molecule has 0 fully saturated rings. The van der Waals surface area contributed by atoms with Crippen LogP contribution in [0.3, 0.4) is 0 Å². The molecule has 0 bridgehead atoms. The number of fused-ring (bicyclic) bond motifs is 4. The minimum absolute atomic E-state index is 0.766. The van der Waals surface area contributed by atoms with E-state index in [2.05, 4.69) is 21.6 Å². The molecule has 132 valence electrons. The van der Waals surface area contributed by atoms with E-state index in [0.29, 0.717) is 0 Å². The number of nitrogens with zero attached hydrogens (tertiary/aromatic N) is 2. The highest BCUT2D eigenvalue weighted by molar-refractivity contribution is 5.65. The lowest BCUT2D eigenvalue weighted by atomic mass is 10.2. The molecule has 1 spiro atoms. The molecule has 2 aromatic carbocycles. The second-order valence-electron chi connectivity index (χ2n) is 6.46. The van der Waals surface area contributed by atoms with Gasteiger partial charge in [0.2, 0.25) is 11.5 Å². The maximum Gasteiger partial charge on any atom is 0.714 e. The van der Waals surface area contributed by atoms with Crippen molar-refractivity contribution in [3.8, 4) is 23.0 Å². The number of methoxy groups -OCH3 is 2. The molecule has 3 heterocycles. The molecule has 0 amide bonds. The summed E-state index contributed by atoms with van der Waals surface area (Å²) in [6, 6.07) is 10.5. The lowest BCUT2D eigenvalue weighted by Crippen LogP contribution is -2.53. The van der Waals surface area contributed by atoms with Gasteiger partial charge in [0.05, 0.1) is 26.4 Å². The fourth-order valence-electron chi connectivity index (χ4n) is 3.71. The molecule has 3 aliphatic rings. The van der Waals surface area contributed by atoms with E-state index in [4.69, 9.17) is 18.9 Å². The zero-order valence-corrected chi connectivity index (χ0v) is 14.8.